The maximum Gasteiger partial charge on any atom is 0.0737 e. The standard InChI is InChI=1S/C81H104N4O17/c1-62-5-13-66(14-6-62)78-70-21-23-72(82-70)79(67-15-7-63(2)8-16-67)74-25-27-76(84-74)81(77-28-26-75(85-77)80(73-24-22-71(78)83-73)68-17-9-64(3)10-18-68)69-19-11-65(12-20-69)61-102-60-59-101-58-57-100-56-55-99-54-53-98-52-51-97-50-49-96-48-47-95-46-45-94-44-43-93-42-41-92-40-39-91-38-37-90-36-35-89-34-33-88-32-31-87-30-29-86-4/h5-28,82,85H,29-61H2,1-4H3. The van der Waals surface area contributed by atoms with Crippen LogP contribution in [0.5, 0.6) is 0 Å². The second-order valence-electron chi connectivity index (χ2n) is 24.0. The fourth-order valence-electron chi connectivity index (χ4n) is 11.0. The fraction of sp³-hybridized carbons (Fsp3) is 0.457. The van der Waals surface area contributed by atoms with E-state index in [1.807, 2.05) is 0 Å². The molecule has 9 rings (SSSR count). The molecule has 0 unspecified atom stereocenters. The van der Waals surface area contributed by atoms with Crippen LogP contribution in [0.2, 0.25) is 0 Å². The van der Waals surface area contributed by atoms with E-state index in [1.165, 1.54) is 16.7 Å². The van der Waals surface area contributed by atoms with Crippen LogP contribution in [-0.4, -0.2) is 238 Å². The number of hydrogen-bond acceptors (Lipinski definition) is 19. The van der Waals surface area contributed by atoms with E-state index in [9.17, 15) is 0 Å². The number of methoxy groups -OCH3 is 1. The van der Waals surface area contributed by atoms with Crippen LogP contribution < -0.4 is 0 Å². The minimum Gasteiger partial charge on any atom is -0.382 e. The van der Waals surface area contributed by atoms with E-state index in [0.717, 1.165) is 94.9 Å². The Hall–Kier alpha value is -7.20. The molecule has 0 amide bonds. The van der Waals surface area contributed by atoms with Crippen LogP contribution in [-0.2, 0) is 87.1 Å². The lowest BCUT2D eigenvalue weighted by Crippen LogP contribution is -2.16. The molecule has 2 N–H and O–H groups in total. The number of ether oxygens (including phenoxy) is 17. The Labute approximate surface area is 600 Å². The molecule has 0 spiro atoms. The number of rotatable bonds is 54. The van der Waals surface area contributed by atoms with Crippen LogP contribution in [0, 0.1) is 20.8 Å². The number of fused-ring (bicyclic) bond motifs is 8. The van der Waals surface area contributed by atoms with Crippen molar-refractivity contribution in [2.24, 2.45) is 0 Å². The van der Waals surface area contributed by atoms with Gasteiger partial charge in [0, 0.05) is 51.4 Å². The van der Waals surface area contributed by atoms with E-state index in [-0.39, 0.29) is 0 Å². The van der Waals surface area contributed by atoms with Gasteiger partial charge in [-0.15, -0.1) is 0 Å². The van der Waals surface area contributed by atoms with Crippen molar-refractivity contribution in [3.05, 3.63) is 166 Å². The summed E-state index contributed by atoms with van der Waals surface area (Å²) in [4.78, 5) is 18.7. The Morgan fingerprint density at radius 2 is 0.412 bits per heavy atom. The van der Waals surface area contributed by atoms with Crippen LogP contribution in [0.1, 0.15) is 45.0 Å². The highest BCUT2D eigenvalue weighted by atomic mass is 16.6. The number of nitrogens with zero attached hydrogens (tertiary/aromatic N) is 2. The molecule has 0 atom stereocenters. The first-order valence-corrected chi connectivity index (χ1v) is 35.6. The Bertz CT molecular complexity index is 3670. The normalized spacial score (nSPS) is 12.0. The third-order valence-corrected chi connectivity index (χ3v) is 16.3. The van der Waals surface area contributed by atoms with E-state index >= 15 is 0 Å². The maximum atomic E-state index is 6.08. The second kappa shape index (κ2) is 47.2. The molecule has 4 aromatic carbocycles. The molecule has 21 nitrogen and oxygen atoms in total. The molecule has 550 valence electrons. The van der Waals surface area contributed by atoms with Crippen molar-refractivity contribution < 1.29 is 80.5 Å². The topological polar surface area (TPSA) is 214 Å². The number of aromatic nitrogens is 4. The summed E-state index contributed by atoms with van der Waals surface area (Å²) in [6, 6.07) is 43.3. The SMILES string of the molecule is COCCOCCOCCOCCOCCOCCOCCOCCOCCOCCOCCOCCOCCOCCOCCOCCOCc1ccc(-c2c3nc(c(-c4ccc(C)cc4)c4ccc([nH]4)c(-c4ccc(C)cc4)c4nc(c(-c5ccc(C)cc5)c5ccc2[nH]5)C=C4)C=C3)cc1. The van der Waals surface area contributed by atoms with Gasteiger partial charge in [0.05, 0.1) is 241 Å². The van der Waals surface area contributed by atoms with Gasteiger partial charge in [-0.3, -0.25) is 0 Å². The molecule has 3 aromatic heterocycles. The van der Waals surface area contributed by atoms with Crippen LogP contribution in [0.25, 0.3) is 90.9 Å². The summed E-state index contributed by atoms with van der Waals surface area (Å²) in [6.07, 6.45) is 8.56. The van der Waals surface area contributed by atoms with Gasteiger partial charge in [-0.25, -0.2) is 9.97 Å². The molecule has 0 fully saturated rings. The zero-order valence-corrected chi connectivity index (χ0v) is 60.0. The Kier molecular flexibility index (Phi) is 36.5. The van der Waals surface area contributed by atoms with E-state index in [1.54, 1.807) is 7.11 Å². The molecule has 0 saturated carbocycles. The van der Waals surface area contributed by atoms with Crippen LogP contribution >= 0.6 is 0 Å². The molecule has 2 aliphatic rings. The van der Waals surface area contributed by atoms with Crippen molar-refractivity contribution in [1.29, 1.82) is 0 Å². The number of H-pyrrole nitrogens is 2. The summed E-state index contributed by atoms with van der Waals surface area (Å²) in [5, 5.41) is 0. The van der Waals surface area contributed by atoms with Crippen LogP contribution in [0.4, 0.5) is 0 Å². The average Bonchev–Trinajstić information content (AvgIpc) is 1.61. The molecule has 5 heterocycles. The number of benzene rings is 4. The number of nitrogens with one attached hydrogen (secondary N) is 2. The smallest absolute Gasteiger partial charge is 0.0737 e. The molecule has 2 aliphatic heterocycles. The van der Waals surface area contributed by atoms with Crippen molar-refractivity contribution in [2.75, 3.05) is 219 Å². The van der Waals surface area contributed by atoms with Gasteiger partial charge in [-0.1, -0.05) is 114 Å². The molecule has 102 heavy (non-hydrogen) atoms. The van der Waals surface area contributed by atoms with Gasteiger partial charge < -0.3 is 90.5 Å². The quantitative estimate of drug-likeness (QED) is 0.0339. The first kappa shape index (κ1) is 78.9. The Morgan fingerprint density at radius 3 is 0.618 bits per heavy atom. The van der Waals surface area contributed by atoms with E-state index in [4.69, 9.17) is 90.5 Å². The highest BCUT2D eigenvalue weighted by Crippen LogP contribution is 2.39. The summed E-state index contributed by atoms with van der Waals surface area (Å²) in [6.45, 7) is 22.6. The first-order chi connectivity index (χ1) is 50.4. The van der Waals surface area contributed by atoms with E-state index in [2.05, 4.69) is 176 Å². The van der Waals surface area contributed by atoms with Gasteiger partial charge in [0.15, 0.2) is 0 Å². The largest absolute Gasteiger partial charge is 0.382 e. The first-order valence-electron chi connectivity index (χ1n) is 35.6. The van der Waals surface area contributed by atoms with E-state index in [0.29, 0.717) is 218 Å². The van der Waals surface area contributed by atoms with E-state index < -0.39 is 0 Å². The Balaban J connectivity index is 0.589. The van der Waals surface area contributed by atoms with Gasteiger partial charge in [0.25, 0.3) is 0 Å². The lowest BCUT2D eigenvalue weighted by Gasteiger charge is -2.09. The molecule has 7 aromatic rings. The van der Waals surface area contributed by atoms with Crippen molar-refractivity contribution in [3.8, 4) is 44.5 Å². The summed E-state index contributed by atoms with van der Waals surface area (Å²) in [5.41, 5.74) is 20.2. The zero-order valence-electron chi connectivity index (χ0n) is 60.0. The lowest BCUT2D eigenvalue weighted by molar-refractivity contribution is -0.0306. The molecule has 0 aliphatic carbocycles. The Morgan fingerprint density at radius 1 is 0.225 bits per heavy atom. The monoisotopic (exact) mass is 1400 g/mol. The fourth-order valence-corrected chi connectivity index (χ4v) is 11.0. The van der Waals surface area contributed by atoms with Gasteiger partial charge in [-0.2, -0.15) is 0 Å². The molecule has 8 bridgehead atoms. The summed E-state index contributed by atoms with van der Waals surface area (Å²) >= 11 is 0. The summed E-state index contributed by atoms with van der Waals surface area (Å²) in [7, 11) is 1.65. The van der Waals surface area contributed by atoms with Crippen LogP contribution in [0.15, 0.2) is 121 Å². The van der Waals surface area contributed by atoms with Crippen molar-refractivity contribution in [3.63, 3.8) is 0 Å². The highest BCUT2D eigenvalue weighted by molar-refractivity contribution is 6.00. The third kappa shape index (κ3) is 27.8. The number of aryl methyl sites for hydroxylation is 3. The molecular weight excluding hydrogens is 1300 g/mol. The molecule has 0 radical (unpaired) electrons. The predicted octanol–water partition coefficient (Wildman–Crippen LogP) is 12.7. The van der Waals surface area contributed by atoms with Gasteiger partial charge in [-0.05, 0) is 97.2 Å². The number of aromatic amines is 2. The minimum absolute atomic E-state index is 0.444. The molecule has 21 heteroatoms. The van der Waals surface area contributed by atoms with Gasteiger partial charge >= 0.3 is 0 Å². The van der Waals surface area contributed by atoms with Crippen molar-refractivity contribution in [2.45, 2.75) is 27.4 Å². The van der Waals surface area contributed by atoms with Gasteiger partial charge in [0.1, 0.15) is 0 Å². The zero-order chi connectivity index (χ0) is 70.7. The minimum atomic E-state index is 0.444. The predicted molar refractivity (Wildman–Crippen MR) is 399 cm³/mol. The molecule has 0 saturated heterocycles. The summed E-state index contributed by atoms with van der Waals surface area (Å²) in [5.74, 6) is 0. The number of hydrogen-bond donors (Lipinski definition) is 2. The third-order valence-electron chi connectivity index (χ3n) is 16.3. The maximum absolute atomic E-state index is 6.08. The van der Waals surface area contributed by atoms with Crippen LogP contribution in [0.3, 0.4) is 0 Å². The van der Waals surface area contributed by atoms with Crippen molar-refractivity contribution >= 4 is 46.4 Å². The highest BCUT2D eigenvalue weighted by Gasteiger charge is 2.20. The van der Waals surface area contributed by atoms with Gasteiger partial charge in [0.2, 0.25) is 0 Å². The van der Waals surface area contributed by atoms with Crippen molar-refractivity contribution in [1.82, 2.24) is 19.9 Å². The average molecular weight is 1410 g/mol. The molecular formula is C81H104N4O17. The second-order valence-corrected chi connectivity index (χ2v) is 24.0. The lowest BCUT2D eigenvalue weighted by atomic mass is 10.0. The summed E-state index contributed by atoms with van der Waals surface area (Å²) < 4.78 is 94.4.